The summed E-state index contributed by atoms with van der Waals surface area (Å²) in [6.45, 7) is 10.4. The highest BCUT2D eigenvalue weighted by atomic mass is 19.4. The van der Waals surface area contributed by atoms with Gasteiger partial charge in [-0.2, -0.15) is 0 Å². The maximum atomic E-state index is 13.0. The number of anilines is 1. The zero-order valence-electron chi connectivity index (χ0n) is 17.6. The number of hydrogen-bond donors (Lipinski definition) is 1. The third kappa shape index (κ3) is 6.62. The molecule has 0 bridgehead atoms. The average molecular weight is 420 g/mol. The first kappa shape index (κ1) is 23.5. The number of carbonyl (C=O) groups is 1. The Bertz CT molecular complexity index is 854. The molecule has 0 aliphatic carbocycles. The summed E-state index contributed by atoms with van der Waals surface area (Å²) in [7, 11) is 1.74. The van der Waals surface area contributed by atoms with Gasteiger partial charge in [0.05, 0.1) is 0 Å². The van der Waals surface area contributed by atoms with E-state index < -0.39 is 12.4 Å². The molecule has 0 aromatic heterocycles. The van der Waals surface area contributed by atoms with Crippen LogP contribution in [-0.4, -0.2) is 30.8 Å². The molecule has 0 radical (unpaired) electrons. The lowest BCUT2D eigenvalue weighted by Gasteiger charge is -2.27. The minimum absolute atomic E-state index is 0.00448. The number of benzene rings is 2. The van der Waals surface area contributed by atoms with Crippen molar-refractivity contribution < 1.29 is 22.7 Å². The summed E-state index contributed by atoms with van der Waals surface area (Å²) in [4.78, 5) is 14.8. The van der Waals surface area contributed by atoms with Crippen molar-refractivity contribution >= 4 is 11.6 Å². The number of ether oxygens (including phenoxy) is 1. The Balaban J connectivity index is 2.23. The molecule has 0 unspecified atom stereocenters. The average Bonchev–Trinajstić information content (AvgIpc) is 2.62. The van der Waals surface area contributed by atoms with Crippen molar-refractivity contribution in [1.82, 2.24) is 4.90 Å². The van der Waals surface area contributed by atoms with Crippen molar-refractivity contribution in [3.8, 4) is 5.75 Å². The third-order valence-corrected chi connectivity index (χ3v) is 4.55. The van der Waals surface area contributed by atoms with Crippen LogP contribution in [0.2, 0.25) is 0 Å². The number of nitrogens with zero attached hydrogens (tertiary/aromatic N) is 1. The molecule has 0 aliphatic heterocycles. The fourth-order valence-electron chi connectivity index (χ4n) is 3.03. The highest BCUT2D eigenvalue weighted by molar-refractivity contribution is 5.95. The summed E-state index contributed by atoms with van der Waals surface area (Å²) in [5.41, 5.74) is 2.32. The van der Waals surface area contributed by atoms with Gasteiger partial charge in [0.1, 0.15) is 11.8 Å². The molecule has 7 heteroatoms. The number of rotatable bonds is 7. The number of likely N-dealkylation sites (N-methyl/N-ethyl adjacent to an activating group) is 1. The quantitative estimate of drug-likeness (QED) is 0.586. The highest BCUT2D eigenvalue weighted by Gasteiger charge is 2.31. The fraction of sp³-hybridized carbons (Fsp3) is 0.348. The molecule has 1 amide bonds. The molecule has 0 heterocycles. The molecular weight excluding hydrogens is 393 g/mol. The summed E-state index contributed by atoms with van der Waals surface area (Å²) >= 11 is 0. The second-order valence-corrected chi connectivity index (χ2v) is 8.06. The summed E-state index contributed by atoms with van der Waals surface area (Å²) in [5, 5.41) is 2.89. The van der Waals surface area contributed by atoms with Gasteiger partial charge < -0.3 is 10.1 Å². The Kier molecular flexibility index (Phi) is 7.31. The predicted octanol–water partition coefficient (Wildman–Crippen LogP) is 5.68. The fourth-order valence-corrected chi connectivity index (χ4v) is 3.03. The molecule has 30 heavy (non-hydrogen) atoms. The normalized spacial score (nSPS) is 13.1. The zero-order valence-corrected chi connectivity index (χ0v) is 17.6. The van der Waals surface area contributed by atoms with E-state index in [-0.39, 0.29) is 17.1 Å². The van der Waals surface area contributed by atoms with Gasteiger partial charge in [0.15, 0.2) is 0 Å². The molecule has 162 valence electrons. The molecule has 1 N–H and O–H groups in total. The van der Waals surface area contributed by atoms with E-state index in [2.05, 4.69) is 37.4 Å². The topological polar surface area (TPSA) is 41.6 Å². The Morgan fingerprint density at radius 2 is 1.67 bits per heavy atom. The van der Waals surface area contributed by atoms with Crippen LogP contribution in [0.25, 0.3) is 0 Å². The molecular formula is C23H27F3N2O2. The minimum Gasteiger partial charge on any atom is -0.406 e. The molecule has 1 atom stereocenters. The molecule has 0 fully saturated rings. The van der Waals surface area contributed by atoms with Gasteiger partial charge in [0, 0.05) is 12.2 Å². The van der Waals surface area contributed by atoms with Gasteiger partial charge in [-0.3, -0.25) is 9.69 Å². The molecule has 2 aromatic rings. The summed E-state index contributed by atoms with van der Waals surface area (Å²) in [6, 6.07) is 12.2. The van der Waals surface area contributed by atoms with Crippen LogP contribution < -0.4 is 10.1 Å². The number of nitrogens with one attached hydrogen (secondary N) is 1. The van der Waals surface area contributed by atoms with Crippen molar-refractivity contribution in [2.75, 3.05) is 18.9 Å². The Hall–Kier alpha value is -2.80. The van der Waals surface area contributed by atoms with Crippen molar-refractivity contribution in [3.05, 3.63) is 72.3 Å². The van der Waals surface area contributed by atoms with E-state index in [4.69, 9.17) is 0 Å². The van der Waals surface area contributed by atoms with Crippen molar-refractivity contribution in [2.45, 2.75) is 38.6 Å². The van der Waals surface area contributed by atoms with Crippen LogP contribution in [0.3, 0.4) is 0 Å². The van der Waals surface area contributed by atoms with Crippen LogP contribution in [0.5, 0.6) is 5.75 Å². The van der Waals surface area contributed by atoms with Crippen LogP contribution >= 0.6 is 0 Å². The first-order valence-electron chi connectivity index (χ1n) is 9.49. The van der Waals surface area contributed by atoms with Crippen LogP contribution in [-0.2, 0) is 10.2 Å². The number of halogens is 3. The van der Waals surface area contributed by atoms with Gasteiger partial charge >= 0.3 is 6.36 Å². The Morgan fingerprint density at radius 1 is 1.10 bits per heavy atom. The largest absolute Gasteiger partial charge is 0.573 e. The SMILES string of the molecule is C=CCN(C)[C@@H](C(=O)Nc1ccc(C(C)(C)C)cc1)c1ccc(OC(F)(F)F)cc1. The van der Waals surface area contributed by atoms with Gasteiger partial charge in [-0.15, -0.1) is 19.8 Å². The van der Waals surface area contributed by atoms with Gasteiger partial charge in [-0.05, 0) is 47.9 Å². The van der Waals surface area contributed by atoms with Gasteiger partial charge in [-0.1, -0.05) is 51.1 Å². The summed E-state index contributed by atoms with van der Waals surface area (Å²) in [6.07, 6.45) is -3.11. The molecule has 4 nitrogen and oxygen atoms in total. The maximum Gasteiger partial charge on any atom is 0.573 e. The predicted molar refractivity (Wildman–Crippen MR) is 112 cm³/mol. The molecule has 0 aliphatic rings. The number of alkyl halides is 3. The Morgan fingerprint density at radius 3 is 2.13 bits per heavy atom. The summed E-state index contributed by atoms with van der Waals surface area (Å²) < 4.78 is 41.1. The lowest BCUT2D eigenvalue weighted by atomic mass is 9.87. The van der Waals surface area contributed by atoms with Crippen molar-refractivity contribution in [1.29, 1.82) is 0 Å². The molecule has 0 saturated carbocycles. The molecule has 0 spiro atoms. The van der Waals surface area contributed by atoms with E-state index in [0.717, 1.165) is 5.56 Å². The first-order valence-corrected chi connectivity index (χ1v) is 9.49. The smallest absolute Gasteiger partial charge is 0.406 e. The lowest BCUT2D eigenvalue weighted by molar-refractivity contribution is -0.274. The van der Waals surface area contributed by atoms with Gasteiger partial charge in [-0.25, -0.2) is 0 Å². The van der Waals surface area contributed by atoms with Gasteiger partial charge in [0.2, 0.25) is 5.91 Å². The number of carbonyl (C=O) groups excluding carboxylic acids is 1. The lowest BCUT2D eigenvalue weighted by Crippen LogP contribution is -2.34. The number of amides is 1. The van der Waals surface area contributed by atoms with E-state index in [0.29, 0.717) is 17.8 Å². The number of hydrogen-bond acceptors (Lipinski definition) is 3. The summed E-state index contributed by atoms with van der Waals surface area (Å²) in [5.74, 6) is -0.637. The zero-order chi connectivity index (χ0) is 22.5. The van der Waals surface area contributed by atoms with Crippen LogP contribution in [0.15, 0.2) is 61.2 Å². The van der Waals surface area contributed by atoms with Crippen LogP contribution in [0.1, 0.15) is 37.9 Å². The van der Waals surface area contributed by atoms with Crippen molar-refractivity contribution in [2.24, 2.45) is 0 Å². The van der Waals surface area contributed by atoms with E-state index in [9.17, 15) is 18.0 Å². The molecule has 0 saturated heterocycles. The molecule has 2 aromatic carbocycles. The minimum atomic E-state index is -4.77. The van der Waals surface area contributed by atoms with Gasteiger partial charge in [0.25, 0.3) is 0 Å². The second kappa shape index (κ2) is 9.34. The van der Waals surface area contributed by atoms with Crippen molar-refractivity contribution in [3.63, 3.8) is 0 Å². The van der Waals surface area contributed by atoms with Crippen LogP contribution in [0.4, 0.5) is 18.9 Å². The standard InChI is InChI=1S/C23H27F3N2O2/c1-6-15-28(5)20(16-7-13-19(14-8-16)30-23(24,25)26)21(29)27-18-11-9-17(10-12-18)22(2,3)4/h6-14,20H,1,15H2,2-5H3,(H,27,29)/t20-/m1/s1. The second-order valence-electron chi connectivity index (χ2n) is 8.06. The maximum absolute atomic E-state index is 13.0. The first-order chi connectivity index (χ1) is 13.9. The van der Waals surface area contributed by atoms with E-state index in [1.165, 1.54) is 24.3 Å². The Labute approximate surface area is 175 Å². The monoisotopic (exact) mass is 420 g/mol. The van der Waals surface area contributed by atoms with E-state index in [1.54, 1.807) is 18.0 Å². The molecule has 2 rings (SSSR count). The van der Waals surface area contributed by atoms with E-state index in [1.807, 2.05) is 24.3 Å². The van der Waals surface area contributed by atoms with E-state index >= 15 is 0 Å². The third-order valence-electron chi connectivity index (χ3n) is 4.55. The van der Waals surface area contributed by atoms with Crippen LogP contribution in [0, 0.1) is 0 Å². The highest BCUT2D eigenvalue weighted by Crippen LogP contribution is 2.28.